The van der Waals surface area contributed by atoms with Gasteiger partial charge in [0.1, 0.15) is 11.6 Å². The van der Waals surface area contributed by atoms with Crippen molar-refractivity contribution in [3.05, 3.63) is 84.9 Å². The quantitative estimate of drug-likeness (QED) is 0.168. The molecule has 0 radical (unpaired) electrons. The molecule has 0 heterocycles. The highest BCUT2D eigenvalue weighted by Crippen LogP contribution is 2.35. The van der Waals surface area contributed by atoms with E-state index in [1.54, 1.807) is 36.4 Å². The minimum atomic E-state index is -0.528. The third-order valence-electron chi connectivity index (χ3n) is 4.87. The Balaban J connectivity index is 1.74. The van der Waals surface area contributed by atoms with Gasteiger partial charge in [0.05, 0.1) is 20.7 Å². The van der Waals surface area contributed by atoms with Crippen molar-refractivity contribution in [2.45, 2.75) is 6.92 Å². The number of nitrogens with zero attached hydrogens (tertiary/aromatic N) is 1. The Hall–Kier alpha value is -3.26. The van der Waals surface area contributed by atoms with E-state index in [1.165, 1.54) is 19.3 Å². The van der Waals surface area contributed by atoms with Gasteiger partial charge in [0, 0.05) is 11.4 Å². The van der Waals surface area contributed by atoms with Crippen LogP contribution in [0.2, 0.25) is 10.0 Å². The van der Waals surface area contributed by atoms with Gasteiger partial charge in [0.2, 0.25) is 0 Å². The van der Waals surface area contributed by atoms with E-state index >= 15 is 0 Å². The molecule has 0 fully saturated rings. The van der Waals surface area contributed by atoms with Crippen LogP contribution in [0.1, 0.15) is 11.1 Å². The predicted octanol–water partition coefficient (Wildman–Crippen LogP) is 6.48. The van der Waals surface area contributed by atoms with Crippen LogP contribution in [0.15, 0.2) is 60.2 Å². The molecule has 36 heavy (non-hydrogen) atoms. The summed E-state index contributed by atoms with van der Waals surface area (Å²) in [5.41, 5.74) is 2.46. The number of ether oxygens (including phenoxy) is 2. The fourth-order valence-corrected chi connectivity index (χ4v) is 4.17. The van der Waals surface area contributed by atoms with Crippen molar-refractivity contribution in [3.8, 4) is 17.6 Å². The standard InChI is InChI=1S/C26H20Cl2IN3O4/c1-15-5-3-4-6-22(15)32-26(34)17(13-30)9-16-10-21(29)25(23(11-16)35-2)36-14-24(33)31-18-7-8-19(27)20(28)12-18/h3-12H,14H2,1-2H3,(H,31,33)(H,32,34)/b17-9-. The third-order valence-corrected chi connectivity index (χ3v) is 6.41. The van der Waals surface area contributed by atoms with E-state index in [0.29, 0.717) is 42.1 Å². The SMILES string of the molecule is COc1cc(/C=C(/C#N)C(=O)Nc2ccccc2C)cc(I)c1OCC(=O)Nc1ccc(Cl)c(Cl)c1. The fraction of sp³-hybridized carbons (Fsp3) is 0.115. The lowest BCUT2D eigenvalue weighted by Gasteiger charge is -2.14. The molecule has 184 valence electrons. The van der Waals surface area contributed by atoms with E-state index in [9.17, 15) is 14.9 Å². The molecule has 0 aromatic heterocycles. The molecule has 0 aliphatic rings. The van der Waals surface area contributed by atoms with Crippen LogP contribution in [0.25, 0.3) is 6.08 Å². The second-order valence-electron chi connectivity index (χ2n) is 7.44. The molecule has 0 unspecified atom stereocenters. The number of hydrogen-bond donors (Lipinski definition) is 2. The summed E-state index contributed by atoms with van der Waals surface area (Å²) in [6, 6.07) is 17.3. The van der Waals surface area contributed by atoms with Gasteiger partial charge in [-0.1, -0.05) is 41.4 Å². The minimum absolute atomic E-state index is 0.0780. The van der Waals surface area contributed by atoms with Gasteiger partial charge in [-0.25, -0.2) is 0 Å². The number of hydrogen-bond acceptors (Lipinski definition) is 5. The largest absolute Gasteiger partial charge is 0.493 e. The topological polar surface area (TPSA) is 100 Å². The van der Waals surface area contributed by atoms with Crippen LogP contribution in [0.4, 0.5) is 11.4 Å². The van der Waals surface area contributed by atoms with E-state index in [2.05, 4.69) is 10.6 Å². The van der Waals surface area contributed by atoms with Gasteiger partial charge in [-0.15, -0.1) is 0 Å². The Kier molecular flexibility index (Phi) is 9.58. The van der Waals surface area contributed by atoms with Crippen LogP contribution >= 0.6 is 45.8 Å². The van der Waals surface area contributed by atoms with Gasteiger partial charge in [0.25, 0.3) is 11.8 Å². The molecule has 0 aliphatic heterocycles. The summed E-state index contributed by atoms with van der Waals surface area (Å²) in [4.78, 5) is 25.0. The first kappa shape index (κ1) is 27.3. The zero-order chi connectivity index (χ0) is 26.2. The molecule has 0 saturated carbocycles. The number of rotatable bonds is 8. The normalized spacial score (nSPS) is 10.8. The zero-order valence-electron chi connectivity index (χ0n) is 19.2. The number of carbonyl (C=O) groups is 2. The van der Waals surface area contributed by atoms with Crippen molar-refractivity contribution in [2.24, 2.45) is 0 Å². The van der Waals surface area contributed by atoms with Gasteiger partial charge >= 0.3 is 0 Å². The van der Waals surface area contributed by atoms with Crippen LogP contribution in [-0.2, 0) is 9.59 Å². The number of para-hydroxylation sites is 1. The first-order valence-electron chi connectivity index (χ1n) is 10.5. The molecule has 2 N–H and O–H groups in total. The first-order valence-corrected chi connectivity index (χ1v) is 12.3. The Morgan fingerprint density at radius 3 is 2.50 bits per heavy atom. The molecule has 3 aromatic rings. The average molecular weight is 636 g/mol. The molecule has 0 aliphatic carbocycles. The van der Waals surface area contributed by atoms with Crippen LogP contribution in [-0.4, -0.2) is 25.5 Å². The average Bonchev–Trinajstić information content (AvgIpc) is 2.85. The lowest BCUT2D eigenvalue weighted by atomic mass is 10.1. The fourth-order valence-electron chi connectivity index (χ4n) is 3.09. The maximum atomic E-state index is 12.7. The van der Waals surface area contributed by atoms with Gasteiger partial charge in [0.15, 0.2) is 18.1 Å². The van der Waals surface area contributed by atoms with Gasteiger partial charge in [-0.2, -0.15) is 5.26 Å². The van der Waals surface area contributed by atoms with E-state index in [0.717, 1.165) is 5.56 Å². The second-order valence-corrected chi connectivity index (χ2v) is 9.42. The molecule has 7 nitrogen and oxygen atoms in total. The number of amides is 2. The number of halogens is 3. The summed E-state index contributed by atoms with van der Waals surface area (Å²) in [7, 11) is 1.46. The third kappa shape index (κ3) is 7.13. The molecule has 0 spiro atoms. The van der Waals surface area contributed by atoms with Crippen molar-refractivity contribution in [2.75, 3.05) is 24.4 Å². The van der Waals surface area contributed by atoms with Gasteiger partial charge in [-0.3, -0.25) is 9.59 Å². The first-order chi connectivity index (χ1) is 17.2. The van der Waals surface area contributed by atoms with Crippen molar-refractivity contribution in [1.82, 2.24) is 0 Å². The number of nitrogens with one attached hydrogen (secondary N) is 2. The molecule has 0 saturated heterocycles. The molecular weight excluding hydrogens is 616 g/mol. The van der Waals surface area contributed by atoms with Crippen LogP contribution in [0.5, 0.6) is 11.5 Å². The molecule has 0 bridgehead atoms. The predicted molar refractivity (Wildman–Crippen MR) is 150 cm³/mol. The Labute approximate surface area is 232 Å². The second kappa shape index (κ2) is 12.6. The monoisotopic (exact) mass is 635 g/mol. The van der Waals surface area contributed by atoms with E-state index in [4.69, 9.17) is 32.7 Å². The lowest BCUT2D eigenvalue weighted by Crippen LogP contribution is -2.20. The van der Waals surface area contributed by atoms with Crippen LogP contribution in [0.3, 0.4) is 0 Å². The zero-order valence-corrected chi connectivity index (χ0v) is 22.9. The highest BCUT2D eigenvalue weighted by Gasteiger charge is 2.16. The molecule has 3 rings (SSSR count). The molecule has 10 heteroatoms. The van der Waals surface area contributed by atoms with Gasteiger partial charge in [-0.05, 0) is 83.1 Å². The van der Waals surface area contributed by atoms with Crippen molar-refractivity contribution >= 4 is 75.1 Å². The molecule has 2 amide bonds. The van der Waals surface area contributed by atoms with Crippen LogP contribution < -0.4 is 20.1 Å². The van der Waals surface area contributed by atoms with Crippen molar-refractivity contribution in [1.29, 1.82) is 5.26 Å². The summed E-state index contributed by atoms with van der Waals surface area (Å²) >= 11 is 13.9. The highest BCUT2D eigenvalue weighted by atomic mass is 127. The van der Waals surface area contributed by atoms with E-state index in [1.807, 2.05) is 47.7 Å². The summed E-state index contributed by atoms with van der Waals surface area (Å²) in [6.07, 6.45) is 1.46. The number of benzene rings is 3. The summed E-state index contributed by atoms with van der Waals surface area (Å²) in [6.45, 7) is 1.58. The van der Waals surface area contributed by atoms with Crippen molar-refractivity contribution in [3.63, 3.8) is 0 Å². The summed E-state index contributed by atoms with van der Waals surface area (Å²) in [5, 5.41) is 15.7. The molecule has 3 aromatic carbocycles. The highest BCUT2D eigenvalue weighted by molar-refractivity contribution is 14.1. The van der Waals surface area contributed by atoms with Gasteiger partial charge < -0.3 is 20.1 Å². The Morgan fingerprint density at radius 2 is 1.83 bits per heavy atom. The summed E-state index contributed by atoms with van der Waals surface area (Å²) in [5.74, 6) is -0.246. The maximum Gasteiger partial charge on any atom is 0.266 e. The number of methoxy groups -OCH3 is 1. The lowest BCUT2D eigenvalue weighted by molar-refractivity contribution is -0.118. The number of anilines is 2. The smallest absolute Gasteiger partial charge is 0.266 e. The maximum absolute atomic E-state index is 12.7. The number of aryl methyl sites for hydroxylation is 1. The molecule has 0 atom stereocenters. The number of nitriles is 1. The minimum Gasteiger partial charge on any atom is -0.493 e. The molecular formula is C26H20Cl2IN3O4. The van der Waals surface area contributed by atoms with E-state index < -0.39 is 11.8 Å². The van der Waals surface area contributed by atoms with Crippen molar-refractivity contribution < 1.29 is 19.1 Å². The van der Waals surface area contributed by atoms with Crippen LogP contribution in [0, 0.1) is 21.8 Å². The Morgan fingerprint density at radius 1 is 1.08 bits per heavy atom. The van der Waals surface area contributed by atoms with E-state index in [-0.39, 0.29) is 12.2 Å². The summed E-state index contributed by atoms with van der Waals surface area (Å²) < 4.78 is 11.8. The Bertz CT molecular complexity index is 1390. The number of carbonyl (C=O) groups excluding carboxylic acids is 2.